The Morgan fingerprint density at radius 3 is 2.52 bits per heavy atom. The molecule has 1 fully saturated rings. The summed E-state index contributed by atoms with van der Waals surface area (Å²) in [5.41, 5.74) is 0. The van der Waals surface area contributed by atoms with Crippen molar-refractivity contribution in [2.75, 3.05) is 19.8 Å². The van der Waals surface area contributed by atoms with Crippen LogP contribution in [-0.2, 0) is 4.74 Å². The van der Waals surface area contributed by atoms with Gasteiger partial charge in [-0.15, -0.1) is 0 Å². The highest BCUT2D eigenvalue weighted by molar-refractivity contribution is 4.80. The van der Waals surface area contributed by atoms with Crippen LogP contribution in [0, 0.1) is 17.8 Å². The number of ether oxygens (including phenoxy) is 1. The van der Waals surface area contributed by atoms with Crippen molar-refractivity contribution in [1.82, 2.24) is 5.32 Å². The molecule has 0 aromatic heterocycles. The van der Waals surface area contributed by atoms with Crippen LogP contribution in [0.25, 0.3) is 0 Å². The highest BCUT2D eigenvalue weighted by Gasteiger charge is 2.29. The van der Waals surface area contributed by atoms with E-state index in [4.69, 9.17) is 4.74 Å². The first-order chi connectivity index (χ1) is 9.78. The van der Waals surface area contributed by atoms with Crippen molar-refractivity contribution in [3.63, 3.8) is 0 Å². The molecule has 1 rings (SSSR count). The Kier molecular flexibility index (Phi) is 8.03. The maximum Gasteiger partial charge on any atom is 0.411 e. The second-order valence-corrected chi connectivity index (χ2v) is 6.81. The standard InChI is InChI=1S/C16H30F3NO/c1-12(2)20-10-15-7-6-13(3)9-14(15)5-4-8-21-11-16(17,18)19/h12-15,20H,4-11H2,1-3H3. The third-order valence-electron chi connectivity index (χ3n) is 4.32. The smallest absolute Gasteiger partial charge is 0.372 e. The lowest BCUT2D eigenvalue weighted by Crippen LogP contribution is -2.35. The molecular weight excluding hydrogens is 279 g/mol. The van der Waals surface area contributed by atoms with E-state index in [2.05, 4.69) is 26.1 Å². The fourth-order valence-electron chi connectivity index (χ4n) is 3.21. The van der Waals surface area contributed by atoms with E-state index >= 15 is 0 Å². The molecule has 21 heavy (non-hydrogen) atoms. The zero-order chi connectivity index (χ0) is 15.9. The van der Waals surface area contributed by atoms with Gasteiger partial charge in [0, 0.05) is 12.6 Å². The number of nitrogens with one attached hydrogen (secondary N) is 1. The molecule has 0 spiro atoms. The lowest BCUT2D eigenvalue weighted by atomic mass is 9.72. The first kappa shape index (κ1) is 18.8. The van der Waals surface area contributed by atoms with Gasteiger partial charge in [-0.3, -0.25) is 0 Å². The fraction of sp³-hybridized carbons (Fsp3) is 1.00. The summed E-state index contributed by atoms with van der Waals surface area (Å²) >= 11 is 0. The van der Waals surface area contributed by atoms with Gasteiger partial charge in [0.25, 0.3) is 0 Å². The van der Waals surface area contributed by atoms with E-state index in [1.807, 2.05) is 0 Å². The molecule has 1 aliphatic rings. The molecule has 126 valence electrons. The van der Waals surface area contributed by atoms with Gasteiger partial charge in [0.15, 0.2) is 0 Å². The quantitative estimate of drug-likeness (QED) is 0.671. The second-order valence-electron chi connectivity index (χ2n) is 6.81. The molecule has 1 N–H and O–H groups in total. The van der Waals surface area contributed by atoms with Crippen LogP contribution in [0.5, 0.6) is 0 Å². The molecule has 1 saturated carbocycles. The molecular formula is C16H30F3NO. The molecule has 0 heterocycles. The molecule has 0 amide bonds. The fourth-order valence-corrected chi connectivity index (χ4v) is 3.21. The lowest BCUT2D eigenvalue weighted by molar-refractivity contribution is -0.174. The minimum absolute atomic E-state index is 0.217. The minimum Gasteiger partial charge on any atom is -0.372 e. The number of hydrogen-bond donors (Lipinski definition) is 1. The molecule has 5 heteroatoms. The van der Waals surface area contributed by atoms with Crippen molar-refractivity contribution in [3.8, 4) is 0 Å². The van der Waals surface area contributed by atoms with Gasteiger partial charge >= 0.3 is 6.18 Å². The van der Waals surface area contributed by atoms with Crippen LogP contribution in [-0.4, -0.2) is 32.0 Å². The molecule has 1 aliphatic carbocycles. The van der Waals surface area contributed by atoms with Gasteiger partial charge in [0.05, 0.1) is 0 Å². The van der Waals surface area contributed by atoms with Crippen molar-refractivity contribution >= 4 is 0 Å². The summed E-state index contributed by atoms with van der Waals surface area (Å²) in [6, 6.07) is 0.486. The van der Waals surface area contributed by atoms with E-state index in [0.717, 1.165) is 25.3 Å². The summed E-state index contributed by atoms with van der Waals surface area (Å²) in [6.45, 7) is 6.69. The van der Waals surface area contributed by atoms with E-state index in [1.165, 1.54) is 19.3 Å². The van der Waals surface area contributed by atoms with Crippen molar-refractivity contribution in [2.45, 2.75) is 65.1 Å². The van der Waals surface area contributed by atoms with E-state index in [-0.39, 0.29) is 6.61 Å². The summed E-state index contributed by atoms with van der Waals surface area (Å²) in [7, 11) is 0. The van der Waals surface area contributed by atoms with Crippen LogP contribution in [0.3, 0.4) is 0 Å². The number of alkyl halides is 3. The van der Waals surface area contributed by atoms with E-state index in [9.17, 15) is 13.2 Å². The van der Waals surface area contributed by atoms with Gasteiger partial charge in [-0.2, -0.15) is 13.2 Å². The van der Waals surface area contributed by atoms with Gasteiger partial charge in [0.2, 0.25) is 0 Å². The van der Waals surface area contributed by atoms with Crippen LogP contribution >= 0.6 is 0 Å². The van der Waals surface area contributed by atoms with Crippen molar-refractivity contribution in [1.29, 1.82) is 0 Å². The van der Waals surface area contributed by atoms with Gasteiger partial charge in [0.1, 0.15) is 6.61 Å². The Hall–Kier alpha value is -0.290. The van der Waals surface area contributed by atoms with Crippen molar-refractivity contribution < 1.29 is 17.9 Å². The highest BCUT2D eigenvalue weighted by atomic mass is 19.4. The molecule has 0 bridgehead atoms. The topological polar surface area (TPSA) is 21.3 Å². The summed E-state index contributed by atoms with van der Waals surface area (Å²) in [5.74, 6) is 2.02. The molecule has 0 aliphatic heterocycles. The molecule has 0 radical (unpaired) electrons. The van der Waals surface area contributed by atoms with Crippen LogP contribution in [0.2, 0.25) is 0 Å². The maximum atomic E-state index is 12.0. The monoisotopic (exact) mass is 309 g/mol. The van der Waals surface area contributed by atoms with Crippen LogP contribution < -0.4 is 5.32 Å². The van der Waals surface area contributed by atoms with Crippen LogP contribution in [0.15, 0.2) is 0 Å². The average molecular weight is 309 g/mol. The van der Waals surface area contributed by atoms with Crippen molar-refractivity contribution in [2.24, 2.45) is 17.8 Å². The molecule has 0 aromatic rings. The Balaban J connectivity index is 2.27. The van der Waals surface area contributed by atoms with E-state index < -0.39 is 12.8 Å². The third-order valence-corrected chi connectivity index (χ3v) is 4.32. The second kappa shape index (κ2) is 8.99. The lowest BCUT2D eigenvalue weighted by Gasteiger charge is -2.35. The zero-order valence-corrected chi connectivity index (χ0v) is 13.5. The van der Waals surface area contributed by atoms with Crippen molar-refractivity contribution in [3.05, 3.63) is 0 Å². The third kappa shape index (κ3) is 8.67. The molecule has 2 nitrogen and oxygen atoms in total. The van der Waals surface area contributed by atoms with E-state index in [1.54, 1.807) is 0 Å². The summed E-state index contributed by atoms with van der Waals surface area (Å²) < 4.78 is 40.7. The van der Waals surface area contributed by atoms with Crippen LogP contribution in [0.1, 0.15) is 52.9 Å². The van der Waals surface area contributed by atoms with Crippen LogP contribution in [0.4, 0.5) is 13.2 Å². The molecule has 3 atom stereocenters. The first-order valence-corrected chi connectivity index (χ1v) is 8.15. The first-order valence-electron chi connectivity index (χ1n) is 8.15. The number of hydrogen-bond acceptors (Lipinski definition) is 2. The van der Waals surface area contributed by atoms with E-state index in [0.29, 0.717) is 17.9 Å². The largest absolute Gasteiger partial charge is 0.411 e. The number of rotatable bonds is 8. The van der Waals surface area contributed by atoms with Gasteiger partial charge in [-0.1, -0.05) is 27.2 Å². The highest BCUT2D eigenvalue weighted by Crippen LogP contribution is 2.36. The SMILES string of the molecule is CC1CCC(CNC(C)C)C(CCCOCC(F)(F)F)C1. The maximum absolute atomic E-state index is 12.0. The Morgan fingerprint density at radius 2 is 1.90 bits per heavy atom. The Bertz CT molecular complexity index is 281. The summed E-state index contributed by atoms with van der Waals surface area (Å²) in [4.78, 5) is 0. The predicted molar refractivity (Wildman–Crippen MR) is 79.2 cm³/mol. The summed E-state index contributed by atoms with van der Waals surface area (Å²) in [5, 5.41) is 3.50. The summed E-state index contributed by atoms with van der Waals surface area (Å²) in [6.07, 6.45) is 1.20. The average Bonchev–Trinajstić information content (AvgIpc) is 2.35. The number of halogens is 3. The predicted octanol–water partition coefficient (Wildman–Crippen LogP) is 4.40. The Labute approximate surface area is 126 Å². The molecule has 0 saturated heterocycles. The molecule has 3 unspecified atom stereocenters. The Morgan fingerprint density at radius 1 is 1.19 bits per heavy atom. The molecule has 0 aromatic carbocycles. The van der Waals surface area contributed by atoms with Gasteiger partial charge < -0.3 is 10.1 Å². The van der Waals surface area contributed by atoms with Gasteiger partial charge in [-0.25, -0.2) is 0 Å². The minimum atomic E-state index is -4.21. The normalized spacial score (nSPS) is 27.3. The zero-order valence-electron chi connectivity index (χ0n) is 13.5. The van der Waals surface area contributed by atoms with Gasteiger partial charge in [-0.05, 0) is 50.0 Å².